The summed E-state index contributed by atoms with van der Waals surface area (Å²) in [6, 6.07) is 11.6. The van der Waals surface area contributed by atoms with Crippen molar-refractivity contribution < 1.29 is 0 Å². The van der Waals surface area contributed by atoms with Gasteiger partial charge in [-0.2, -0.15) is 0 Å². The molecule has 0 aliphatic heterocycles. The van der Waals surface area contributed by atoms with Crippen molar-refractivity contribution in [3.05, 3.63) is 58.2 Å². The van der Waals surface area contributed by atoms with Crippen LogP contribution in [0, 0.1) is 0 Å². The third-order valence-electron chi connectivity index (χ3n) is 3.01. The van der Waals surface area contributed by atoms with E-state index in [1.54, 1.807) is 18.0 Å². The zero-order valence-electron chi connectivity index (χ0n) is 11.1. The molecule has 0 fully saturated rings. The molecular formula is C15H16Cl2N2S. The quantitative estimate of drug-likeness (QED) is 0.789. The molecule has 106 valence electrons. The van der Waals surface area contributed by atoms with Crippen LogP contribution in [0.25, 0.3) is 0 Å². The summed E-state index contributed by atoms with van der Waals surface area (Å²) in [6.45, 7) is 2.09. The fourth-order valence-corrected chi connectivity index (χ4v) is 3.25. The van der Waals surface area contributed by atoms with Gasteiger partial charge in [0.05, 0.1) is 15.3 Å². The van der Waals surface area contributed by atoms with Gasteiger partial charge in [-0.15, -0.1) is 0 Å². The predicted molar refractivity (Wildman–Crippen MR) is 87.6 cm³/mol. The molecule has 1 aromatic heterocycles. The van der Waals surface area contributed by atoms with E-state index in [-0.39, 0.29) is 11.3 Å². The number of hydrogen-bond donors (Lipinski definition) is 1. The Bertz CT molecular complexity index is 543. The van der Waals surface area contributed by atoms with Crippen molar-refractivity contribution in [1.82, 2.24) is 4.98 Å². The van der Waals surface area contributed by atoms with Gasteiger partial charge in [-0.1, -0.05) is 54.0 Å². The smallest absolute Gasteiger partial charge is 0.0967 e. The van der Waals surface area contributed by atoms with E-state index >= 15 is 0 Å². The van der Waals surface area contributed by atoms with E-state index in [0.717, 1.165) is 22.0 Å². The number of pyridine rings is 1. The molecule has 1 heterocycles. The van der Waals surface area contributed by atoms with Crippen LogP contribution in [-0.4, -0.2) is 11.0 Å². The number of hydrogen-bond acceptors (Lipinski definition) is 3. The molecule has 0 amide bonds. The fraction of sp³-hybridized carbons (Fsp3) is 0.267. The van der Waals surface area contributed by atoms with Crippen LogP contribution in [0.1, 0.15) is 24.2 Å². The highest BCUT2D eigenvalue weighted by Crippen LogP contribution is 2.37. The first-order valence-corrected chi connectivity index (χ1v) is 8.03. The average Bonchev–Trinajstić information content (AvgIpc) is 2.47. The van der Waals surface area contributed by atoms with Crippen LogP contribution in [0.2, 0.25) is 10.0 Å². The molecule has 5 heteroatoms. The lowest BCUT2D eigenvalue weighted by Crippen LogP contribution is -2.25. The van der Waals surface area contributed by atoms with Crippen LogP contribution >= 0.6 is 35.0 Å². The van der Waals surface area contributed by atoms with Crippen LogP contribution in [0.4, 0.5) is 0 Å². The Morgan fingerprint density at radius 3 is 2.30 bits per heavy atom. The number of halogens is 2. The fourth-order valence-electron chi connectivity index (χ4n) is 1.83. The minimum Gasteiger partial charge on any atom is -0.326 e. The largest absolute Gasteiger partial charge is 0.326 e. The van der Waals surface area contributed by atoms with Gasteiger partial charge >= 0.3 is 0 Å². The molecule has 2 N–H and O–H groups in total. The monoisotopic (exact) mass is 326 g/mol. The topological polar surface area (TPSA) is 38.9 Å². The Morgan fingerprint density at radius 1 is 1.10 bits per heavy atom. The summed E-state index contributed by atoms with van der Waals surface area (Å²) in [5, 5.41) is 2.42. The van der Waals surface area contributed by atoms with Gasteiger partial charge in [-0.05, 0) is 36.2 Å². The van der Waals surface area contributed by atoms with Crippen LogP contribution in [0.3, 0.4) is 0 Å². The van der Waals surface area contributed by atoms with Gasteiger partial charge < -0.3 is 5.73 Å². The zero-order chi connectivity index (χ0) is 14.5. The maximum atomic E-state index is 6.26. The van der Waals surface area contributed by atoms with Crippen LogP contribution in [0.15, 0.2) is 47.6 Å². The second-order valence-corrected chi connectivity index (χ2v) is 6.51. The number of nitrogens with two attached hydrogens (primary N) is 1. The van der Waals surface area contributed by atoms with Gasteiger partial charge in [0.2, 0.25) is 0 Å². The van der Waals surface area contributed by atoms with E-state index in [0.29, 0.717) is 5.02 Å². The summed E-state index contributed by atoms with van der Waals surface area (Å²) in [6.07, 6.45) is 2.55. The predicted octanol–water partition coefficient (Wildman–Crippen LogP) is 4.96. The molecule has 20 heavy (non-hydrogen) atoms. The summed E-state index contributed by atoms with van der Waals surface area (Å²) in [5.74, 6) is 0. The van der Waals surface area contributed by atoms with Crippen molar-refractivity contribution in [3.63, 3.8) is 0 Å². The van der Waals surface area contributed by atoms with Gasteiger partial charge in [-0.25, -0.2) is 4.98 Å². The van der Waals surface area contributed by atoms with Crippen molar-refractivity contribution in [2.45, 2.75) is 29.7 Å². The lowest BCUT2D eigenvalue weighted by atomic mass is 10.0. The highest BCUT2D eigenvalue weighted by Gasteiger charge is 2.20. The summed E-state index contributed by atoms with van der Waals surface area (Å²) < 4.78 is 0. The zero-order valence-corrected chi connectivity index (χ0v) is 13.4. The van der Waals surface area contributed by atoms with Crippen molar-refractivity contribution >= 4 is 35.0 Å². The van der Waals surface area contributed by atoms with Crippen molar-refractivity contribution in [3.8, 4) is 0 Å². The normalized spacial score (nSPS) is 14.0. The summed E-state index contributed by atoms with van der Waals surface area (Å²) in [4.78, 5) is 4.33. The van der Waals surface area contributed by atoms with Crippen LogP contribution in [-0.2, 0) is 0 Å². The molecule has 0 radical (unpaired) electrons. The Kier molecular flexibility index (Phi) is 5.73. The first kappa shape index (κ1) is 15.6. The molecule has 0 aliphatic carbocycles. The third-order valence-corrected chi connectivity index (χ3v) is 4.84. The number of nitrogens with zero attached hydrogens (tertiary/aromatic N) is 1. The minimum absolute atomic E-state index is 0.0543. The first-order chi connectivity index (χ1) is 9.60. The molecule has 2 aromatic rings. The van der Waals surface area contributed by atoms with Gasteiger partial charge in [0.25, 0.3) is 0 Å². The Morgan fingerprint density at radius 2 is 1.75 bits per heavy atom. The Balaban J connectivity index is 2.23. The van der Waals surface area contributed by atoms with E-state index in [2.05, 4.69) is 11.9 Å². The van der Waals surface area contributed by atoms with Gasteiger partial charge in [0.15, 0.2) is 0 Å². The molecule has 2 rings (SSSR count). The van der Waals surface area contributed by atoms with Gasteiger partial charge in [0, 0.05) is 17.3 Å². The average molecular weight is 327 g/mol. The molecule has 0 aliphatic rings. The van der Waals surface area contributed by atoms with E-state index < -0.39 is 0 Å². The van der Waals surface area contributed by atoms with Gasteiger partial charge in [-0.3, -0.25) is 0 Å². The molecule has 2 atom stereocenters. The minimum atomic E-state index is 0.0543. The molecule has 0 saturated heterocycles. The second kappa shape index (κ2) is 7.32. The Hall–Kier alpha value is -0.740. The van der Waals surface area contributed by atoms with Crippen molar-refractivity contribution in [2.75, 3.05) is 0 Å². The summed E-state index contributed by atoms with van der Waals surface area (Å²) >= 11 is 13.5. The second-order valence-electron chi connectivity index (χ2n) is 4.48. The molecular weight excluding hydrogens is 311 g/mol. The van der Waals surface area contributed by atoms with Crippen molar-refractivity contribution in [2.24, 2.45) is 5.73 Å². The molecule has 2 nitrogen and oxygen atoms in total. The Labute approximate surface area is 133 Å². The van der Waals surface area contributed by atoms with E-state index in [1.165, 1.54) is 0 Å². The SMILES string of the molecule is CCC(N)C(Sc1ccc(Cl)cn1)c1ccc(Cl)cc1. The standard InChI is InChI=1S/C15H16Cl2N2S/c1-2-13(18)15(10-3-5-11(16)6-4-10)20-14-8-7-12(17)9-19-14/h3-9,13,15H,2,18H2,1H3. The highest BCUT2D eigenvalue weighted by molar-refractivity contribution is 7.99. The number of aromatic nitrogens is 1. The van der Waals surface area contributed by atoms with E-state index in [4.69, 9.17) is 28.9 Å². The first-order valence-electron chi connectivity index (χ1n) is 6.39. The lowest BCUT2D eigenvalue weighted by molar-refractivity contribution is 0.633. The number of rotatable bonds is 5. The third kappa shape index (κ3) is 4.13. The molecule has 2 unspecified atom stereocenters. The van der Waals surface area contributed by atoms with Crippen molar-refractivity contribution in [1.29, 1.82) is 0 Å². The maximum absolute atomic E-state index is 6.26. The molecule has 0 saturated carbocycles. The van der Waals surface area contributed by atoms with Crippen LogP contribution in [0.5, 0.6) is 0 Å². The lowest BCUT2D eigenvalue weighted by Gasteiger charge is -2.22. The van der Waals surface area contributed by atoms with E-state index in [9.17, 15) is 0 Å². The maximum Gasteiger partial charge on any atom is 0.0967 e. The highest BCUT2D eigenvalue weighted by atomic mass is 35.5. The summed E-state index contributed by atoms with van der Waals surface area (Å²) in [7, 11) is 0. The molecule has 0 bridgehead atoms. The van der Waals surface area contributed by atoms with Crippen LogP contribution < -0.4 is 5.73 Å². The number of thioether (sulfide) groups is 1. The summed E-state index contributed by atoms with van der Waals surface area (Å²) in [5.41, 5.74) is 7.42. The van der Waals surface area contributed by atoms with Gasteiger partial charge in [0.1, 0.15) is 0 Å². The molecule has 1 aromatic carbocycles. The molecule has 0 spiro atoms. The van der Waals surface area contributed by atoms with E-state index in [1.807, 2.05) is 36.4 Å². The number of benzene rings is 1.